The van der Waals surface area contributed by atoms with Gasteiger partial charge in [0.25, 0.3) is 11.8 Å². The number of benzene rings is 2. The van der Waals surface area contributed by atoms with Crippen molar-refractivity contribution in [1.29, 1.82) is 0 Å². The monoisotopic (exact) mass is 398 g/mol. The van der Waals surface area contributed by atoms with E-state index in [2.05, 4.69) is 10.9 Å². The van der Waals surface area contributed by atoms with E-state index >= 15 is 0 Å². The summed E-state index contributed by atoms with van der Waals surface area (Å²) in [6.07, 6.45) is 0. The summed E-state index contributed by atoms with van der Waals surface area (Å²) in [5.41, 5.74) is 4.42. The fourth-order valence-corrected chi connectivity index (χ4v) is 2.29. The highest BCUT2D eigenvalue weighted by molar-refractivity contribution is 6.35. The molecule has 2 N–H and O–H groups in total. The number of ether oxygens (including phenoxy) is 3. The smallest absolute Gasteiger partial charge is 0.276 e. The van der Waals surface area contributed by atoms with Gasteiger partial charge in [0.1, 0.15) is 5.75 Å². The molecule has 0 aromatic heterocycles. The maximum atomic E-state index is 11.7. The molecule has 0 aliphatic carbocycles. The van der Waals surface area contributed by atoms with Crippen molar-refractivity contribution in [3.8, 4) is 17.2 Å². The number of halogens is 2. The predicted molar refractivity (Wildman–Crippen MR) is 96.7 cm³/mol. The van der Waals surface area contributed by atoms with E-state index in [0.717, 1.165) is 0 Å². The van der Waals surface area contributed by atoms with Crippen LogP contribution in [0.2, 0.25) is 10.0 Å². The van der Waals surface area contributed by atoms with Crippen molar-refractivity contribution in [3.05, 3.63) is 52.5 Å². The van der Waals surface area contributed by atoms with Gasteiger partial charge in [-0.1, -0.05) is 35.3 Å². The van der Waals surface area contributed by atoms with Crippen LogP contribution in [-0.4, -0.2) is 32.1 Å². The molecule has 2 amide bonds. The molecule has 0 spiro atoms. The summed E-state index contributed by atoms with van der Waals surface area (Å²) in [5, 5.41) is 0.730. The third-order valence-corrected chi connectivity index (χ3v) is 3.55. The van der Waals surface area contributed by atoms with Gasteiger partial charge >= 0.3 is 0 Å². The fourth-order valence-electron chi connectivity index (χ4n) is 1.83. The lowest BCUT2D eigenvalue weighted by molar-refractivity contribution is -0.131. The van der Waals surface area contributed by atoms with Gasteiger partial charge in [-0.05, 0) is 30.3 Å². The Morgan fingerprint density at radius 1 is 0.885 bits per heavy atom. The molecule has 9 heteroatoms. The van der Waals surface area contributed by atoms with Crippen LogP contribution in [0, 0.1) is 0 Å². The zero-order chi connectivity index (χ0) is 18.9. The van der Waals surface area contributed by atoms with Crippen LogP contribution in [-0.2, 0) is 9.59 Å². The SMILES string of the molecule is COc1ccccc1OCC(=O)NNC(=O)COc1ccc(Cl)cc1Cl. The van der Waals surface area contributed by atoms with E-state index in [9.17, 15) is 9.59 Å². The molecule has 138 valence electrons. The zero-order valence-corrected chi connectivity index (χ0v) is 15.3. The van der Waals surface area contributed by atoms with Crippen molar-refractivity contribution in [2.45, 2.75) is 0 Å². The first-order chi connectivity index (χ1) is 12.5. The maximum absolute atomic E-state index is 11.7. The van der Waals surface area contributed by atoms with Crippen molar-refractivity contribution in [2.24, 2.45) is 0 Å². The van der Waals surface area contributed by atoms with Crippen LogP contribution in [0.25, 0.3) is 0 Å². The van der Waals surface area contributed by atoms with Gasteiger partial charge in [-0.2, -0.15) is 0 Å². The highest BCUT2D eigenvalue weighted by atomic mass is 35.5. The third-order valence-electron chi connectivity index (χ3n) is 3.02. The van der Waals surface area contributed by atoms with E-state index in [1.165, 1.54) is 19.2 Å². The number of carbonyl (C=O) groups excluding carboxylic acids is 2. The Labute approximate surface area is 160 Å². The van der Waals surface area contributed by atoms with Gasteiger partial charge in [0.15, 0.2) is 24.7 Å². The predicted octanol–water partition coefficient (Wildman–Crippen LogP) is 2.61. The highest BCUT2D eigenvalue weighted by Crippen LogP contribution is 2.27. The Balaban J connectivity index is 1.72. The molecular weight excluding hydrogens is 383 g/mol. The quantitative estimate of drug-likeness (QED) is 0.700. The number of carbonyl (C=O) groups is 2. The van der Waals surface area contributed by atoms with E-state index in [-0.39, 0.29) is 18.2 Å². The van der Waals surface area contributed by atoms with Crippen molar-refractivity contribution in [3.63, 3.8) is 0 Å². The van der Waals surface area contributed by atoms with E-state index < -0.39 is 11.8 Å². The molecule has 2 aromatic rings. The van der Waals surface area contributed by atoms with Crippen LogP contribution in [0.3, 0.4) is 0 Å². The van der Waals surface area contributed by atoms with Gasteiger partial charge in [0.2, 0.25) is 0 Å². The van der Waals surface area contributed by atoms with Crippen molar-refractivity contribution >= 4 is 35.0 Å². The number of hydrogen-bond donors (Lipinski definition) is 2. The number of nitrogens with one attached hydrogen (secondary N) is 2. The molecule has 0 fully saturated rings. The van der Waals surface area contributed by atoms with Crippen molar-refractivity contribution in [2.75, 3.05) is 20.3 Å². The van der Waals surface area contributed by atoms with Crippen LogP contribution in [0.5, 0.6) is 17.2 Å². The summed E-state index contributed by atoms with van der Waals surface area (Å²) in [6, 6.07) is 11.5. The summed E-state index contributed by atoms with van der Waals surface area (Å²) < 4.78 is 15.7. The normalized spacial score (nSPS) is 9.96. The standard InChI is InChI=1S/C17H16Cl2N2O5/c1-24-14-4-2-3-5-15(14)26-10-17(23)21-20-16(22)9-25-13-7-6-11(18)8-12(13)19/h2-8H,9-10H2,1H3,(H,20,22)(H,21,23). The summed E-state index contributed by atoms with van der Waals surface area (Å²) in [6.45, 7) is -0.639. The first-order valence-corrected chi connectivity index (χ1v) is 8.16. The second-order valence-corrected chi connectivity index (χ2v) is 5.74. The van der Waals surface area contributed by atoms with Gasteiger partial charge in [-0.25, -0.2) is 0 Å². The summed E-state index contributed by atoms with van der Waals surface area (Å²) in [7, 11) is 1.50. The zero-order valence-electron chi connectivity index (χ0n) is 13.8. The molecular formula is C17H16Cl2N2O5. The molecule has 2 aromatic carbocycles. The molecule has 0 aliphatic heterocycles. The Kier molecular flexibility index (Phi) is 7.37. The Morgan fingerprint density at radius 2 is 1.46 bits per heavy atom. The van der Waals surface area contributed by atoms with Gasteiger partial charge < -0.3 is 14.2 Å². The minimum atomic E-state index is -0.568. The fraction of sp³-hybridized carbons (Fsp3) is 0.176. The Morgan fingerprint density at radius 3 is 2.04 bits per heavy atom. The lowest BCUT2D eigenvalue weighted by Gasteiger charge is -2.11. The van der Waals surface area contributed by atoms with E-state index in [0.29, 0.717) is 22.3 Å². The van der Waals surface area contributed by atoms with Crippen molar-refractivity contribution < 1.29 is 23.8 Å². The average molecular weight is 399 g/mol. The summed E-state index contributed by atoms with van der Waals surface area (Å²) in [5.74, 6) is 0.0993. The maximum Gasteiger partial charge on any atom is 0.276 e. The number of amides is 2. The second kappa shape index (κ2) is 9.74. The minimum Gasteiger partial charge on any atom is -0.493 e. The molecule has 0 radical (unpaired) electrons. The van der Waals surface area contributed by atoms with Crippen molar-refractivity contribution in [1.82, 2.24) is 10.9 Å². The van der Waals surface area contributed by atoms with E-state index in [1.807, 2.05) is 0 Å². The number of hydrazine groups is 1. The third kappa shape index (κ3) is 6.02. The second-order valence-electron chi connectivity index (χ2n) is 4.90. The lowest BCUT2D eigenvalue weighted by Crippen LogP contribution is -2.45. The number of para-hydroxylation sites is 2. The molecule has 0 bridgehead atoms. The topological polar surface area (TPSA) is 85.9 Å². The largest absolute Gasteiger partial charge is 0.493 e. The van der Waals surface area contributed by atoms with E-state index in [4.69, 9.17) is 37.4 Å². The molecule has 0 atom stereocenters. The molecule has 7 nitrogen and oxygen atoms in total. The molecule has 2 rings (SSSR count). The van der Waals surface area contributed by atoms with Gasteiger partial charge in [-0.15, -0.1) is 0 Å². The molecule has 0 unspecified atom stereocenters. The summed E-state index contributed by atoms with van der Waals surface area (Å²) in [4.78, 5) is 23.4. The molecule has 0 heterocycles. The molecule has 0 saturated heterocycles. The van der Waals surface area contributed by atoms with Gasteiger partial charge in [-0.3, -0.25) is 20.4 Å². The first kappa shape index (κ1) is 19.7. The van der Waals surface area contributed by atoms with E-state index in [1.54, 1.807) is 30.3 Å². The van der Waals surface area contributed by atoms with Crippen LogP contribution in [0.1, 0.15) is 0 Å². The van der Waals surface area contributed by atoms with Gasteiger partial charge in [0.05, 0.1) is 12.1 Å². The number of rotatable bonds is 7. The first-order valence-electron chi connectivity index (χ1n) is 7.41. The van der Waals surface area contributed by atoms with Gasteiger partial charge in [0, 0.05) is 5.02 Å². The molecule has 0 aliphatic rings. The number of hydrogen-bond acceptors (Lipinski definition) is 5. The molecule has 26 heavy (non-hydrogen) atoms. The van der Waals surface area contributed by atoms with Crippen LogP contribution in [0.15, 0.2) is 42.5 Å². The summed E-state index contributed by atoms with van der Waals surface area (Å²) >= 11 is 11.7. The lowest BCUT2D eigenvalue weighted by atomic mass is 10.3. The Hall–Kier alpha value is -2.64. The van der Waals surface area contributed by atoms with Crippen LogP contribution in [0.4, 0.5) is 0 Å². The number of methoxy groups -OCH3 is 1. The average Bonchev–Trinajstić information content (AvgIpc) is 2.64. The highest BCUT2D eigenvalue weighted by Gasteiger charge is 2.10. The molecule has 0 saturated carbocycles. The Bertz CT molecular complexity index is 785. The van der Waals surface area contributed by atoms with Crippen LogP contribution < -0.4 is 25.1 Å². The van der Waals surface area contributed by atoms with Crippen LogP contribution >= 0.6 is 23.2 Å². The minimum absolute atomic E-state index is 0.277.